The summed E-state index contributed by atoms with van der Waals surface area (Å²) in [4.78, 5) is 83.1. The van der Waals surface area contributed by atoms with Gasteiger partial charge in [0.25, 0.3) is 11.8 Å². The highest BCUT2D eigenvalue weighted by Gasteiger charge is 2.55. The van der Waals surface area contributed by atoms with Gasteiger partial charge in [0, 0.05) is 41.3 Å². The normalized spacial score (nSPS) is 17.8. The molecule has 1 aromatic heterocycles. The van der Waals surface area contributed by atoms with Gasteiger partial charge >= 0.3 is 18.2 Å². The van der Waals surface area contributed by atoms with E-state index in [1.165, 1.54) is 28.8 Å². The molecule has 4 heterocycles. The molecular formula is C49H51FN5O10S+. The number of carbonyl (C=O) groups is 6. The van der Waals surface area contributed by atoms with Crippen LogP contribution in [0.4, 0.5) is 19.7 Å². The van der Waals surface area contributed by atoms with Gasteiger partial charge in [0.1, 0.15) is 28.3 Å². The molecule has 3 aromatic carbocycles. The lowest BCUT2D eigenvalue weighted by Gasteiger charge is -2.49. The van der Waals surface area contributed by atoms with E-state index in [0.29, 0.717) is 24.1 Å². The number of pyridine rings is 1. The Kier molecular flexibility index (Phi) is 14.0. The lowest BCUT2D eigenvalue weighted by Crippen LogP contribution is -2.70. The first-order chi connectivity index (χ1) is 31.3. The first-order valence-corrected chi connectivity index (χ1v) is 22.3. The fourth-order valence-corrected chi connectivity index (χ4v) is 8.77. The van der Waals surface area contributed by atoms with Crippen LogP contribution in [0.15, 0.2) is 126 Å². The van der Waals surface area contributed by atoms with Gasteiger partial charge in [-0.15, -0.1) is 11.8 Å². The van der Waals surface area contributed by atoms with Gasteiger partial charge in [0.2, 0.25) is 12.5 Å². The number of carbonyl (C=O) groups excluding carboxylic acids is 6. The van der Waals surface area contributed by atoms with Gasteiger partial charge < -0.3 is 34.5 Å². The van der Waals surface area contributed by atoms with E-state index in [1.54, 1.807) is 75.5 Å². The van der Waals surface area contributed by atoms with Gasteiger partial charge in [-0.25, -0.2) is 18.8 Å². The fourth-order valence-electron chi connectivity index (χ4n) is 7.46. The number of thioether (sulfide) groups is 1. The van der Waals surface area contributed by atoms with Crippen LogP contribution in [0.2, 0.25) is 0 Å². The number of fused-ring (bicyclic) bond motifs is 1. The Hall–Kier alpha value is -7.01. The molecule has 2 atom stereocenters. The monoisotopic (exact) mass is 920 g/mol. The lowest BCUT2D eigenvalue weighted by atomic mass is 10.00. The number of nitrogens with one attached hydrogen (secondary N) is 2. The van der Waals surface area contributed by atoms with Crippen LogP contribution in [-0.4, -0.2) is 80.7 Å². The number of amides is 4. The van der Waals surface area contributed by atoms with Crippen LogP contribution >= 0.6 is 11.8 Å². The molecule has 2 saturated heterocycles. The molecule has 2 fully saturated rings. The van der Waals surface area contributed by atoms with Crippen LogP contribution in [0.5, 0.6) is 5.75 Å². The van der Waals surface area contributed by atoms with Gasteiger partial charge in [-0.1, -0.05) is 60.7 Å². The summed E-state index contributed by atoms with van der Waals surface area (Å²) in [5.41, 5.74) is 1.57. The minimum Gasteiger partial charge on any atom is -0.448 e. The van der Waals surface area contributed by atoms with E-state index in [4.69, 9.17) is 18.9 Å². The minimum atomic E-state index is -1.06. The summed E-state index contributed by atoms with van der Waals surface area (Å²) in [5, 5.41) is 4.66. The summed E-state index contributed by atoms with van der Waals surface area (Å²) in [7, 11) is 0. The van der Waals surface area contributed by atoms with Crippen molar-refractivity contribution < 1.29 is 56.7 Å². The summed E-state index contributed by atoms with van der Waals surface area (Å²) in [6, 6.07) is 24.7. The van der Waals surface area contributed by atoms with Gasteiger partial charge in [0.05, 0.1) is 6.54 Å². The molecule has 0 radical (unpaired) electrons. The molecule has 0 unspecified atom stereocenters. The molecule has 7 rings (SSSR count). The van der Waals surface area contributed by atoms with Crippen molar-refractivity contribution in [1.82, 2.24) is 15.1 Å². The molecule has 4 amide bonds. The third-order valence-electron chi connectivity index (χ3n) is 10.3. The number of likely N-dealkylation sites (tertiary alicyclic amines) is 1. The van der Waals surface area contributed by atoms with Crippen molar-refractivity contribution in [2.24, 2.45) is 0 Å². The number of halogens is 1. The van der Waals surface area contributed by atoms with Crippen molar-refractivity contribution >= 4 is 53.4 Å². The molecule has 17 heteroatoms. The van der Waals surface area contributed by atoms with Gasteiger partial charge in [-0.05, 0) is 88.9 Å². The molecule has 2 N–H and O–H groups in total. The predicted molar refractivity (Wildman–Crippen MR) is 241 cm³/mol. The molecule has 344 valence electrons. The van der Waals surface area contributed by atoms with E-state index in [-0.39, 0.29) is 41.9 Å². The highest BCUT2D eigenvalue weighted by molar-refractivity contribution is 8.00. The molecule has 0 saturated carbocycles. The smallest absolute Gasteiger partial charge is 0.448 e. The van der Waals surface area contributed by atoms with Crippen molar-refractivity contribution in [3.63, 3.8) is 0 Å². The Morgan fingerprint density at radius 2 is 1.56 bits per heavy atom. The number of nitrogens with zero attached hydrogens (tertiary/aromatic N) is 3. The number of hydrogen-bond acceptors (Lipinski definition) is 11. The number of alkyl carbamates (subject to hydrolysis) is 1. The summed E-state index contributed by atoms with van der Waals surface area (Å²) in [5.74, 6) is -2.98. The quantitative estimate of drug-likeness (QED) is 0.0370. The second-order valence-electron chi connectivity index (χ2n) is 17.8. The molecule has 15 nitrogen and oxygen atoms in total. The molecule has 4 aromatic rings. The fraction of sp³-hybridized carbons (Fsp3) is 0.327. The lowest BCUT2D eigenvalue weighted by molar-refractivity contribution is -0.684. The Balaban J connectivity index is 1.06. The number of aromatic nitrogens is 1. The van der Waals surface area contributed by atoms with Crippen molar-refractivity contribution in [3.05, 3.63) is 149 Å². The highest BCUT2D eigenvalue weighted by Crippen LogP contribution is 2.43. The number of ether oxygens (including phenoxy) is 4. The number of benzene rings is 3. The van der Waals surface area contributed by atoms with Crippen molar-refractivity contribution in [2.75, 3.05) is 17.6 Å². The number of anilines is 1. The maximum absolute atomic E-state index is 14.7. The predicted octanol–water partition coefficient (Wildman–Crippen LogP) is 7.12. The molecule has 3 aliphatic heterocycles. The molecule has 0 aliphatic carbocycles. The average molecular weight is 921 g/mol. The summed E-state index contributed by atoms with van der Waals surface area (Å²) in [6.07, 6.45) is 2.81. The van der Waals surface area contributed by atoms with Crippen LogP contribution in [-0.2, 0) is 46.5 Å². The number of rotatable bonds is 12. The number of hydrogen-bond donors (Lipinski definition) is 2. The second kappa shape index (κ2) is 19.6. The van der Waals surface area contributed by atoms with Crippen molar-refractivity contribution in [3.8, 4) is 5.75 Å². The molecule has 66 heavy (non-hydrogen) atoms. The molecule has 0 bridgehead atoms. The Bertz CT molecular complexity index is 2550. The Morgan fingerprint density at radius 1 is 0.894 bits per heavy atom. The first-order valence-electron chi connectivity index (χ1n) is 21.3. The molecule has 0 spiro atoms. The van der Waals surface area contributed by atoms with Crippen LogP contribution in [0, 0.1) is 5.82 Å². The van der Waals surface area contributed by atoms with E-state index >= 15 is 0 Å². The maximum Gasteiger partial charge on any atom is 0.514 e. The number of esters is 1. The third kappa shape index (κ3) is 11.6. The Morgan fingerprint density at radius 3 is 2.20 bits per heavy atom. The third-order valence-corrected chi connectivity index (χ3v) is 11.6. The van der Waals surface area contributed by atoms with Crippen molar-refractivity contribution in [1.29, 1.82) is 0 Å². The van der Waals surface area contributed by atoms with E-state index in [2.05, 4.69) is 10.6 Å². The topological polar surface area (TPSA) is 174 Å². The van der Waals surface area contributed by atoms with E-state index in [9.17, 15) is 33.2 Å². The first kappa shape index (κ1) is 47.0. The van der Waals surface area contributed by atoms with Gasteiger partial charge in [0.15, 0.2) is 30.1 Å². The summed E-state index contributed by atoms with van der Waals surface area (Å²) in [6.45, 7) is 10.6. The van der Waals surface area contributed by atoms with E-state index in [1.807, 2.05) is 66.7 Å². The maximum atomic E-state index is 14.7. The Labute approximate surface area is 385 Å². The van der Waals surface area contributed by atoms with Gasteiger partial charge in [-0.3, -0.25) is 19.3 Å². The van der Waals surface area contributed by atoms with Crippen LogP contribution in [0.3, 0.4) is 0 Å². The van der Waals surface area contributed by atoms with Gasteiger partial charge in [-0.2, -0.15) is 4.57 Å². The molecule has 3 aliphatic rings. The second-order valence-corrected chi connectivity index (χ2v) is 18.9. The standard InChI is InChI=1S/C49H50FN5O10S/c1-48(2,3)64-46(60)52-39-43(58)55-40(45(59)63-41(31-15-9-7-10-16-31)32-17-11-8-12-18-32)34(29-66-44(39)55)24-33-21-23-54(42(33)57)27-30-14-13-22-53(26-30)28-38(56)51-35-19-20-37(36(50)25-35)62-47(61)65-49(4,5)6/h7-20,22,24-26,39,41,44H,21,23,27-29H2,1-6H3,(H-,51,52,56,60)/p+1/t39-,44-/m1/s1. The zero-order chi connectivity index (χ0) is 47.3. The van der Waals surface area contributed by atoms with Crippen LogP contribution in [0.1, 0.15) is 70.8 Å². The number of allylic oxidation sites excluding steroid dienone is 1. The SMILES string of the molecule is CC(C)(C)OC(=O)N[C@@H]1C(=O)N2C(C(=O)OC(c3ccccc3)c3ccccc3)=C(C=C3CCN(Cc4ccc[n+](CC(=O)Nc5ccc(OC(=O)OC(C)(C)C)c(F)c5)c4)C3=O)CS[C@H]12. The zero-order valence-electron chi connectivity index (χ0n) is 37.4. The van der Waals surface area contributed by atoms with Crippen molar-refractivity contribution in [2.45, 2.75) is 89.8 Å². The zero-order valence-corrected chi connectivity index (χ0v) is 38.2. The van der Waals surface area contributed by atoms with Crippen LogP contribution < -0.4 is 19.9 Å². The summed E-state index contributed by atoms with van der Waals surface area (Å²) < 4.78 is 38.1. The minimum absolute atomic E-state index is 0.00297. The largest absolute Gasteiger partial charge is 0.514 e. The number of β-lactam (4-membered cyclic amide) rings is 1. The summed E-state index contributed by atoms with van der Waals surface area (Å²) >= 11 is 1.35. The highest BCUT2D eigenvalue weighted by atomic mass is 32.2. The van der Waals surface area contributed by atoms with Crippen LogP contribution in [0.25, 0.3) is 0 Å². The van der Waals surface area contributed by atoms with E-state index in [0.717, 1.165) is 22.8 Å². The molecular weight excluding hydrogens is 870 g/mol. The van der Waals surface area contributed by atoms with E-state index < -0.39 is 64.6 Å². The average Bonchev–Trinajstić information content (AvgIpc) is 3.59.